The molecule has 0 atom stereocenters. The van der Waals surface area contributed by atoms with E-state index in [1.165, 1.54) is 18.2 Å². The van der Waals surface area contributed by atoms with Gasteiger partial charge in [0.15, 0.2) is 0 Å². The van der Waals surface area contributed by atoms with E-state index in [1.807, 2.05) is 37.3 Å². The summed E-state index contributed by atoms with van der Waals surface area (Å²) in [5, 5.41) is 9.81. The first kappa shape index (κ1) is 13.4. The molecule has 0 heterocycles. The number of hydrogen-bond donors (Lipinski definition) is 1. The fourth-order valence-electron chi connectivity index (χ4n) is 1.87. The Balaban J connectivity index is 2.39. The highest BCUT2D eigenvalue weighted by atomic mass is 35.5. The van der Waals surface area contributed by atoms with Crippen molar-refractivity contribution in [2.24, 2.45) is 0 Å². The second-order valence-corrected chi connectivity index (χ2v) is 4.46. The Bertz CT molecular complexity index is 584. The van der Waals surface area contributed by atoms with Gasteiger partial charge in [-0.1, -0.05) is 29.8 Å². The molecule has 1 N–H and O–H groups in total. The highest BCUT2D eigenvalue weighted by molar-refractivity contribution is 6.34. The number of aromatic hydroxyl groups is 1. The zero-order chi connectivity index (χ0) is 13.8. The molecule has 0 unspecified atom stereocenters. The van der Waals surface area contributed by atoms with Gasteiger partial charge in [-0.2, -0.15) is 0 Å². The van der Waals surface area contributed by atoms with E-state index in [2.05, 4.69) is 0 Å². The second-order valence-electron chi connectivity index (χ2n) is 4.05. The Morgan fingerprint density at radius 1 is 1.21 bits per heavy atom. The Labute approximate surface area is 117 Å². The van der Waals surface area contributed by atoms with Gasteiger partial charge in [-0.3, -0.25) is 4.79 Å². The summed E-state index contributed by atoms with van der Waals surface area (Å²) in [6, 6.07) is 13.7. The van der Waals surface area contributed by atoms with Gasteiger partial charge in [0.1, 0.15) is 5.75 Å². The van der Waals surface area contributed by atoms with E-state index >= 15 is 0 Å². The van der Waals surface area contributed by atoms with E-state index in [1.54, 1.807) is 4.90 Å². The smallest absolute Gasteiger partial charge is 0.259 e. The maximum atomic E-state index is 12.5. The standard InChI is InChI=1S/C15H14ClNO2/c1-2-17(11-6-4-3-5-7-11)15(19)13-10-12(18)8-9-14(13)16/h3-10,18H,2H2,1H3. The van der Waals surface area contributed by atoms with Crippen molar-refractivity contribution < 1.29 is 9.90 Å². The van der Waals surface area contributed by atoms with E-state index < -0.39 is 0 Å². The molecule has 0 saturated carbocycles. The molecule has 0 fully saturated rings. The summed E-state index contributed by atoms with van der Waals surface area (Å²) >= 11 is 6.02. The summed E-state index contributed by atoms with van der Waals surface area (Å²) < 4.78 is 0. The molecule has 0 bridgehead atoms. The number of phenols is 1. The normalized spacial score (nSPS) is 10.2. The molecule has 0 radical (unpaired) electrons. The number of carbonyl (C=O) groups is 1. The lowest BCUT2D eigenvalue weighted by molar-refractivity contribution is 0.0988. The SMILES string of the molecule is CCN(C(=O)c1cc(O)ccc1Cl)c1ccccc1. The van der Waals surface area contributed by atoms with Crippen LogP contribution in [0.4, 0.5) is 5.69 Å². The van der Waals surface area contributed by atoms with Gasteiger partial charge >= 0.3 is 0 Å². The Kier molecular flexibility index (Phi) is 4.07. The summed E-state index contributed by atoms with van der Waals surface area (Å²) in [7, 11) is 0. The van der Waals surface area contributed by atoms with Crippen LogP contribution >= 0.6 is 11.6 Å². The van der Waals surface area contributed by atoms with Crippen LogP contribution in [-0.2, 0) is 0 Å². The van der Waals surface area contributed by atoms with Crippen LogP contribution in [0.3, 0.4) is 0 Å². The first-order valence-electron chi connectivity index (χ1n) is 5.99. The topological polar surface area (TPSA) is 40.5 Å². The fraction of sp³-hybridized carbons (Fsp3) is 0.133. The highest BCUT2D eigenvalue weighted by Gasteiger charge is 2.18. The molecule has 2 rings (SSSR count). The molecule has 2 aromatic rings. The fourth-order valence-corrected chi connectivity index (χ4v) is 2.07. The predicted molar refractivity (Wildman–Crippen MR) is 76.9 cm³/mol. The first-order valence-corrected chi connectivity index (χ1v) is 6.36. The number of rotatable bonds is 3. The van der Waals surface area contributed by atoms with Crippen LogP contribution in [0, 0.1) is 0 Å². The van der Waals surface area contributed by atoms with Crippen molar-refractivity contribution in [3.63, 3.8) is 0 Å². The van der Waals surface area contributed by atoms with Gasteiger partial charge in [-0.05, 0) is 37.3 Å². The largest absolute Gasteiger partial charge is 0.508 e. The summed E-state index contributed by atoms with van der Waals surface area (Å²) in [5.41, 5.74) is 1.10. The van der Waals surface area contributed by atoms with Crippen molar-refractivity contribution in [2.45, 2.75) is 6.92 Å². The van der Waals surface area contributed by atoms with Crippen molar-refractivity contribution in [1.29, 1.82) is 0 Å². The third-order valence-electron chi connectivity index (χ3n) is 2.81. The average Bonchev–Trinajstić information content (AvgIpc) is 2.43. The number of benzene rings is 2. The molecule has 3 nitrogen and oxygen atoms in total. The molecule has 0 aromatic heterocycles. The molecule has 0 aliphatic rings. The number of carbonyl (C=O) groups excluding carboxylic acids is 1. The Hall–Kier alpha value is -2.00. The number of phenolic OH excluding ortho intramolecular Hbond substituents is 1. The van der Waals surface area contributed by atoms with Gasteiger partial charge in [-0.15, -0.1) is 0 Å². The Morgan fingerprint density at radius 2 is 1.89 bits per heavy atom. The molecule has 0 aliphatic carbocycles. The average molecular weight is 276 g/mol. The lowest BCUT2D eigenvalue weighted by Crippen LogP contribution is -2.30. The van der Waals surface area contributed by atoms with E-state index in [9.17, 15) is 9.90 Å². The number of anilines is 1. The second kappa shape index (κ2) is 5.76. The zero-order valence-electron chi connectivity index (χ0n) is 10.5. The zero-order valence-corrected chi connectivity index (χ0v) is 11.3. The molecule has 0 spiro atoms. The van der Waals surface area contributed by atoms with E-state index in [-0.39, 0.29) is 11.7 Å². The number of amides is 1. The number of halogens is 1. The van der Waals surface area contributed by atoms with E-state index in [0.717, 1.165) is 5.69 Å². The van der Waals surface area contributed by atoms with Gasteiger partial charge in [-0.25, -0.2) is 0 Å². The quantitative estimate of drug-likeness (QED) is 0.928. The first-order chi connectivity index (χ1) is 9.13. The van der Waals surface area contributed by atoms with Crippen LogP contribution in [0.25, 0.3) is 0 Å². The minimum Gasteiger partial charge on any atom is -0.508 e. The molecule has 0 aliphatic heterocycles. The number of hydrogen-bond acceptors (Lipinski definition) is 2. The maximum absolute atomic E-state index is 12.5. The van der Waals surface area contributed by atoms with Crippen LogP contribution in [0.5, 0.6) is 5.75 Å². The van der Waals surface area contributed by atoms with Crippen LogP contribution in [0.2, 0.25) is 5.02 Å². The van der Waals surface area contributed by atoms with Gasteiger partial charge in [0.2, 0.25) is 0 Å². The lowest BCUT2D eigenvalue weighted by Gasteiger charge is -2.21. The summed E-state index contributed by atoms with van der Waals surface area (Å²) in [6.45, 7) is 2.41. The van der Waals surface area contributed by atoms with Crippen molar-refractivity contribution >= 4 is 23.2 Å². The molecule has 98 valence electrons. The van der Waals surface area contributed by atoms with Gasteiger partial charge < -0.3 is 10.0 Å². The third kappa shape index (κ3) is 2.88. The van der Waals surface area contributed by atoms with Crippen molar-refractivity contribution in [3.05, 3.63) is 59.1 Å². The lowest BCUT2D eigenvalue weighted by atomic mass is 10.1. The number of nitrogens with zero attached hydrogens (tertiary/aromatic N) is 1. The van der Waals surface area contributed by atoms with Crippen molar-refractivity contribution in [2.75, 3.05) is 11.4 Å². The van der Waals surface area contributed by atoms with Crippen LogP contribution in [0.15, 0.2) is 48.5 Å². The minimum atomic E-state index is -0.227. The van der Waals surface area contributed by atoms with Crippen LogP contribution < -0.4 is 4.90 Å². The third-order valence-corrected chi connectivity index (χ3v) is 3.14. The predicted octanol–water partition coefficient (Wildman–Crippen LogP) is 3.71. The summed E-state index contributed by atoms with van der Waals surface area (Å²) in [6.07, 6.45) is 0. The van der Waals surface area contributed by atoms with E-state index in [4.69, 9.17) is 11.6 Å². The van der Waals surface area contributed by atoms with Crippen molar-refractivity contribution in [3.8, 4) is 5.75 Å². The van der Waals surface area contributed by atoms with Crippen LogP contribution in [0.1, 0.15) is 17.3 Å². The number of para-hydroxylation sites is 1. The minimum absolute atomic E-state index is 0.0249. The Morgan fingerprint density at radius 3 is 2.53 bits per heavy atom. The van der Waals surface area contributed by atoms with Gasteiger partial charge in [0, 0.05) is 12.2 Å². The molecule has 19 heavy (non-hydrogen) atoms. The molecule has 2 aromatic carbocycles. The molecular weight excluding hydrogens is 262 g/mol. The summed E-state index contributed by atoms with van der Waals surface area (Å²) in [5.74, 6) is -0.202. The van der Waals surface area contributed by atoms with Gasteiger partial charge in [0.25, 0.3) is 5.91 Å². The molecule has 1 amide bonds. The molecule has 4 heteroatoms. The van der Waals surface area contributed by atoms with Crippen molar-refractivity contribution in [1.82, 2.24) is 0 Å². The summed E-state index contributed by atoms with van der Waals surface area (Å²) in [4.78, 5) is 14.1. The highest BCUT2D eigenvalue weighted by Crippen LogP contribution is 2.25. The monoisotopic (exact) mass is 275 g/mol. The maximum Gasteiger partial charge on any atom is 0.259 e. The van der Waals surface area contributed by atoms with Crippen LogP contribution in [-0.4, -0.2) is 17.6 Å². The van der Waals surface area contributed by atoms with E-state index in [0.29, 0.717) is 17.1 Å². The molecular formula is C15H14ClNO2. The molecule has 0 saturated heterocycles. The van der Waals surface area contributed by atoms with Gasteiger partial charge in [0.05, 0.1) is 10.6 Å².